The molecule has 0 saturated carbocycles. The summed E-state index contributed by atoms with van der Waals surface area (Å²) in [6, 6.07) is 10.9. The van der Waals surface area contributed by atoms with E-state index in [0.717, 1.165) is 23.1 Å². The fourth-order valence-electron chi connectivity index (χ4n) is 4.04. The first-order valence-corrected chi connectivity index (χ1v) is 13.9. The Hall–Kier alpha value is -3.26. The van der Waals surface area contributed by atoms with Crippen LogP contribution in [0.4, 0.5) is 0 Å². The Bertz CT molecular complexity index is 1500. The van der Waals surface area contributed by atoms with Crippen molar-refractivity contribution in [3.05, 3.63) is 58.4 Å². The van der Waals surface area contributed by atoms with Gasteiger partial charge in [0.15, 0.2) is 4.80 Å². The lowest BCUT2D eigenvalue weighted by atomic mass is 10.0. The molecule has 0 aliphatic carbocycles. The lowest BCUT2D eigenvalue weighted by Gasteiger charge is -2.29. The molecule has 0 atom stereocenters. The molecule has 1 aromatic heterocycles. The molecule has 1 aliphatic rings. The van der Waals surface area contributed by atoms with E-state index >= 15 is 0 Å². The van der Waals surface area contributed by atoms with Gasteiger partial charge in [0.2, 0.25) is 10.0 Å². The second-order valence-corrected chi connectivity index (χ2v) is 11.6. The van der Waals surface area contributed by atoms with Crippen molar-refractivity contribution in [1.82, 2.24) is 8.87 Å². The molecule has 188 valence electrons. The van der Waals surface area contributed by atoms with E-state index in [1.165, 1.54) is 39.9 Å². The minimum atomic E-state index is -3.60. The van der Waals surface area contributed by atoms with Gasteiger partial charge in [-0.3, -0.25) is 4.79 Å². The number of fused-ring (bicyclic) bond motifs is 1. The molecule has 36 heavy (non-hydrogen) atoms. The number of amides is 1. The highest BCUT2D eigenvalue weighted by Crippen LogP contribution is 2.24. The van der Waals surface area contributed by atoms with E-state index in [-0.39, 0.29) is 23.6 Å². The lowest BCUT2D eigenvalue weighted by Crippen LogP contribution is -2.37. The number of esters is 1. The Labute approximate surface area is 214 Å². The molecular formula is C26H27N3O5S2. The van der Waals surface area contributed by atoms with Gasteiger partial charge >= 0.3 is 5.97 Å². The summed E-state index contributed by atoms with van der Waals surface area (Å²) in [5.74, 6) is 2.13. The Morgan fingerprint density at radius 1 is 1.14 bits per heavy atom. The van der Waals surface area contributed by atoms with E-state index in [1.807, 2.05) is 0 Å². The predicted molar refractivity (Wildman–Crippen MR) is 138 cm³/mol. The first kappa shape index (κ1) is 25.8. The molecule has 2 aromatic carbocycles. The van der Waals surface area contributed by atoms with Crippen LogP contribution in [-0.2, 0) is 21.3 Å². The number of sulfonamides is 1. The number of aromatic nitrogens is 1. The number of rotatable bonds is 6. The lowest BCUT2D eigenvalue weighted by molar-refractivity contribution is 0.0526. The number of benzene rings is 2. The van der Waals surface area contributed by atoms with Crippen LogP contribution in [-0.4, -0.2) is 48.9 Å². The fraction of sp³-hybridized carbons (Fsp3) is 0.346. The van der Waals surface area contributed by atoms with Crippen molar-refractivity contribution in [2.75, 3.05) is 19.7 Å². The van der Waals surface area contributed by atoms with E-state index in [0.29, 0.717) is 29.4 Å². The Morgan fingerprint density at radius 2 is 1.81 bits per heavy atom. The van der Waals surface area contributed by atoms with E-state index in [4.69, 9.17) is 11.2 Å². The number of carbonyl (C=O) groups is 2. The second kappa shape index (κ2) is 10.8. The SMILES string of the molecule is C#CCn1c(=NC(=O)c2ccc(S(=O)(=O)N3CCC(C)CC3)cc2)sc2cc(C(=O)OCC)ccc21. The van der Waals surface area contributed by atoms with Crippen molar-refractivity contribution in [2.45, 2.75) is 38.1 Å². The summed E-state index contributed by atoms with van der Waals surface area (Å²) in [6.07, 6.45) is 7.21. The van der Waals surface area contributed by atoms with Crippen molar-refractivity contribution in [3.8, 4) is 12.3 Å². The Morgan fingerprint density at radius 3 is 2.44 bits per heavy atom. The van der Waals surface area contributed by atoms with Crippen LogP contribution in [0.3, 0.4) is 0 Å². The van der Waals surface area contributed by atoms with Crippen LogP contribution < -0.4 is 4.80 Å². The fourth-order valence-corrected chi connectivity index (χ4v) is 6.58. The van der Waals surface area contributed by atoms with Crippen LogP contribution in [0, 0.1) is 18.3 Å². The zero-order valence-corrected chi connectivity index (χ0v) is 21.8. The summed E-state index contributed by atoms with van der Waals surface area (Å²) >= 11 is 1.23. The highest BCUT2D eigenvalue weighted by molar-refractivity contribution is 7.89. The molecule has 1 aliphatic heterocycles. The molecule has 10 heteroatoms. The van der Waals surface area contributed by atoms with Crippen LogP contribution in [0.2, 0.25) is 0 Å². The monoisotopic (exact) mass is 525 g/mol. The number of ether oxygens (including phenoxy) is 1. The van der Waals surface area contributed by atoms with Crippen molar-refractivity contribution in [2.24, 2.45) is 10.9 Å². The minimum Gasteiger partial charge on any atom is -0.462 e. The number of piperidine rings is 1. The number of hydrogen-bond donors (Lipinski definition) is 0. The molecule has 0 bridgehead atoms. The van der Waals surface area contributed by atoms with Gasteiger partial charge < -0.3 is 9.30 Å². The van der Waals surface area contributed by atoms with Crippen LogP contribution in [0.1, 0.15) is 47.4 Å². The molecule has 8 nitrogen and oxygen atoms in total. The third kappa shape index (κ3) is 5.28. The topological polar surface area (TPSA) is 98.0 Å². The predicted octanol–water partition coefficient (Wildman–Crippen LogP) is 3.67. The molecule has 1 saturated heterocycles. The molecule has 1 amide bonds. The number of terminal acetylenes is 1. The molecule has 0 spiro atoms. The summed E-state index contributed by atoms with van der Waals surface area (Å²) in [7, 11) is -3.60. The average molecular weight is 526 g/mol. The van der Waals surface area contributed by atoms with E-state index in [2.05, 4.69) is 17.8 Å². The summed E-state index contributed by atoms with van der Waals surface area (Å²) in [5, 5.41) is 0. The van der Waals surface area contributed by atoms with Gasteiger partial charge in [-0.15, -0.1) is 6.42 Å². The van der Waals surface area contributed by atoms with Crippen molar-refractivity contribution in [3.63, 3.8) is 0 Å². The molecule has 4 rings (SSSR count). The van der Waals surface area contributed by atoms with Crippen molar-refractivity contribution < 1.29 is 22.7 Å². The summed E-state index contributed by atoms with van der Waals surface area (Å²) in [6.45, 7) is 5.32. The zero-order valence-electron chi connectivity index (χ0n) is 20.1. The van der Waals surface area contributed by atoms with Crippen molar-refractivity contribution in [1.29, 1.82) is 0 Å². The molecule has 2 heterocycles. The molecule has 0 N–H and O–H groups in total. The molecule has 1 fully saturated rings. The first-order chi connectivity index (χ1) is 17.2. The van der Waals surface area contributed by atoms with Gasteiger partial charge in [-0.25, -0.2) is 13.2 Å². The standard InChI is InChI=1S/C26H27N3O5S2/c1-4-14-29-22-11-8-20(25(31)34-5-2)17-23(22)35-26(29)27-24(30)19-6-9-21(10-7-19)36(32,33)28-15-12-18(3)13-16-28/h1,6-11,17-18H,5,12-16H2,2-3H3. The number of thiazole rings is 1. The summed E-state index contributed by atoms with van der Waals surface area (Å²) in [5.41, 5.74) is 1.41. The van der Waals surface area contributed by atoms with E-state index in [9.17, 15) is 18.0 Å². The minimum absolute atomic E-state index is 0.157. The molecule has 0 radical (unpaired) electrons. The third-order valence-electron chi connectivity index (χ3n) is 6.12. The second-order valence-electron chi connectivity index (χ2n) is 8.61. The van der Waals surface area contributed by atoms with E-state index < -0.39 is 21.9 Å². The summed E-state index contributed by atoms with van der Waals surface area (Å²) < 4.78 is 34.9. The molecule has 3 aromatic rings. The van der Waals surface area contributed by atoms with Gasteiger partial charge in [-0.05, 0) is 68.1 Å². The Balaban J connectivity index is 1.63. The van der Waals surface area contributed by atoms with Crippen LogP contribution in [0.5, 0.6) is 0 Å². The van der Waals surface area contributed by atoms with Crippen LogP contribution in [0.25, 0.3) is 10.2 Å². The van der Waals surface area contributed by atoms with Gasteiger partial charge in [-0.2, -0.15) is 9.30 Å². The largest absolute Gasteiger partial charge is 0.462 e. The van der Waals surface area contributed by atoms with Gasteiger partial charge in [0, 0.05) is 18.7 Å². The van der Waals surface area contributed by atoms with E-state index in [1.54, 1.807) is 29.7 Å². The maximum absolute atomic E-state index is 13.0. The quantitative estimate of drug-likeness (QED) is 0.361. The third-order valence-corrected chi connectivity index (χ3v) is 9.08. The first-order valence-electron chi connectivity index (χ1n) is 11.7. The van der Waals surface area contributed by atoms with Crippen LogP contribution in [0.15, 0.2) is 52.4 Å². The molecular weight excluding hydrogens is 498 g/mol. The maximum atomic E-state index is 13.0. The Kier molecular flexibility index (Phi) is 7.73. The average Bonchev–Trinajstić information content (AvgIpc) is 3.20. The zero-order chi connectivity index (χ0) is 25.9. The van der Waals surface area contributed by atoms with Crippen LogP contribution >= 0.6 is 11.3 Å². The highest BCUT2D eigenvalue weighted by atomic mass is 32.2. The highest BCUT2D eigenvalue weighted by Gasteiger charge is 2.28. The number of nitrogens with zero attached hydrogens (tertiary/aromatic N) is 3. The number of hydrogen-bond acceptors (Lipinski definition) is 6. The van der Waals surface area contributed by atoms with Gasteiger partial charge in [0.1, 0.15) is 0 Å². The van der Waals surface area contributed by atoms with Gasteiger partial charge in [-0.1, -0.05) is 24.2 Å². The number of carbonyl (C=O) groups excluding carboxylic acids is 2. The van der Waals surface area contributed by atoms with Crippen molar-refractivity contribution >= 4 is 43.5 Å². The molecule has 0 unspecified atom stereocenters. The normalized spacial score (nSPS) is 15.6. The maximum Gasteiger partial charge on any atom is 0.338 e. The smallest absolute Gasteiger partial charge is 0.338 e. The summed E-state index contributed by atoms with van der Waals surface area (Å²) in [4.78, 5) is 29.8. The van der Waals surface area contributed by atoms with Gasteiger partial charge in [0.25, 0.3) is 5.91 Å². The van der Waals surface area contributed by atoms with Gasteiger partial charge in [0.05, 0.1) is 33.8 Å².